The van der Waals surface area contributed by atoms with Crippen molar-refractivity contribution in [3.8, 4) is 0 Å². The highest BCUT2D eigenvalue weighted by Gasteiger charge is 2.51. The molecule has 4 bridgehead atoms. The molecule has 0 spiro atoms. The molecule has 0 aromatic carbocycles. The normalized spacial score (nSPS) is 28.4. The van der Waals surface area contributed by atoms with Crippen molar-refractivity contribution in [1.82, 2.24) is 4.90 Å². The minimum absolute atomic E-state index is 0.0843. The Bertz CT molecular complexity index is 1050. The number of hydrogen-bond donors (Lipinski definition) is 0. The summed E-state index contributed by atoms with van der Waals surface area (Å²) in [6, 6.07) is 0. The fourth-order valence-corrected chi connectivity index (χ4v) is 9.49. The van der Waals surface area contributed by atoms with Crippen LogP contribution in [0.5, 0.6) is 0 Å². The number of hydrogen-bond acceptors (Lipinski definition) is 7. The van der Waals surface area contributed by atoms with Crippen LogP contribution in [0, 0.1) is 34.5 Å². The largest absolute Gasteiger partial charge is 0.465 e. The van der Waals surface area contributed by atoms with Gasteiger partial charge in [0, 0.05) is 13.0 Å². The summed E-state index contributed by atoms with van der Waals surface area (Å²) in [5, 5.41) is 0. The van der Waals surface area contributed by atoms with Crippen LogP contribution in [0.1, 0.15) is 149 Å². The van der Waals surface area contributed by atoms with Crippen LogP contribution < -0.4 is 0 Å². The molecule has 0 aromatic heterocycles. The van der Waals surface area contributed by atoms with E-state index in [-0.39, 0.29) is 49.1 Å². The van der Waals surface area contributed by atoms with Crippen molar-refractivity contribution in [3.05, 3.63) is 24.3 Å². The van der Waals surface area contributed by atoms with Gasteiger partial charge in [0.1, 0.15) is 19.8 Å². The van der Waals surface area contributed by atoms with Crippen LogP contribution in [0.4, 0.5) is 0 Å². The van der Waals surface area contributed by atoms with Crippen molar-refractivity contribution in [3.63, 3.8) is 0 Å². The van der Waals surface area contributed by atoms with Crippen molar-refractivity contribution in [1.29, 1.82) is 0 Å². The van der Waals surface area contributed by atoms with Crippen LogP contribution >= 0.6 is 0 Å². The zero-order valence-electron chi connectivity index (χ0n) is 31.4. The molecule has 0 amide bonds. The summed E-state index contributed by atoms with van der Waals surface area (Å²) >= 11 is 0. The molecule has 2 unspecified atom stereocenters. The molecule has 2 atom stereocenters. The van der Waals surface area contributed by atoms with Crippen LogP contribution in [0.2, 0.25) is 0 Å². The van der Waals surface area contributed by atoms with Gasteiger partial charge in [0.2, 0.25) is 0 Å². The van der Waals surface area contributed by atoms with Gasteiger partial charge < -0.3 is 19.1 Å². The Hall–Kier alpha value is -2.15. The summed E-state index contributed by atoms with van der Waals surface area (Å²) in [5.41, 5.74) is -0.419. The Morgan fingerprint density at radius 1 is 0.735 bits per heavy atom. The Morgan fingerprint density at radius 3 is 1.88 bits per heavy atom. The summed E-state index contributed by atoms with van der Waals surface area (Å²) in [7, 11) is 2.01. The third-order valence-electron chi connectivity index (χ3n) is 11.8. The van der Waals surface area contributed by atoms with Crippen molar-refractivity contribution < 1.29 is 28.6 Å². The molecule has 49 heavy (non-hydrogen) atoms. The number of carbonyl (C=O) groups excluding carboxylic acids is 3. The number of rotatable bonds is 24. The molecule has 1 aliphatic heterocycles. The summed E-state index contributed by atoms with van der Waals surface area (Å²) in [4.78, 5) is 40.9. The van der Waals surface area contributed by atoms with E-state index in [2.05, 4.69) is 36.1 Å². The van der Waals surface area contributed by atoms with E-state index in [9.17, 15) is 14.4 Å². The first kappa shape index (κ1) is 39.6. The molecule has 4 saturated carbocycles. The van der Waals surface area contributed by atoms with Gasteiger partial charge in [-0.1, -0.05) is 69.8 Å². The van der Waals surface area contributed by atoms with Crippen LogP contribution in [0.3, 0.4) is 0 Å². The molecule has 0 radical (unpaired) electrons. The van der Waals surface area contributed by atoms with E-state index in [1.54, 1.807) is 0 Å². The summed E-state index contributed by atoms with van der Waals surface area (Å²) in [5.74, 6) is 1.37. The predicted molar refractivity (Wildman–Crippen MR) is 196 cm³/mol. The maximum absolute atomic E-state index is 13.1. The third kappa shape index (κ3) is 13.8. The lowest BCUT2D eigenvalue weighted by atomic mass is 9.49. The highest BCUT2D eigenvalue weighted by Crippen LogP contribution is 2.61. The van der Waals surface area contributed by atoms with E-state index >= 15 is 0 Å². The molecule has 7 heteroatoms. The van der Waals surface area contributed by atoms with E-state index in [1.165, 1.54) is 64.2 Å². The number of esters is 3. The van der Waals surface area contributed by atoms with Gasteiger partial charge in [-0.15, -0.1) is 0 Å². The Morgan fingerprint density at radius 2 is 1.29 bits per heavy atom. The summed E-state index contributed by atoms with van der Waals surface area (Å²) < 4.78 is 17.3. The number of nitrogens with zero attached hydrogens (tertiary/aromatic N) is 1. The van der Waals surface area contributed by atoms with E-state index < -0.39 is 5.41 Å². The van der Waals surface area contributed by atoms with Crippen molar-refractivity contribution >= 4 is 17.9 Å². The Balaban J connectivity index is 1.10. The molecule has 5 rings (SSSR count). The quantitative estimate of drug-likeness (QED) is 0.0434. The molecule has 5 fully saturated rings. The minimum atomic E-state index is -0.535. The Kier molecular flexibility index (Phi) is 16.7. The number of unbranched alkanes of at least 4 members (excludes halogenated alkanes) is 9. The lowest BCUT2D eigenvalue weighted by Gasteiger charge is -2.56. The molecule has 0 N–H and O–H groups in total. The number of carbonyl (C=O) groups is 3. The molecule has 4 aliphatic carbocycles. The van der Waals surface area contributed by atoms with Gasteiger partial charge in [-0.3, -0.25) is 14.4 Å². The standard InChI is InChI=1S/C42H69NO6/c1-4-5-6-7-8-9-10-11-12-13-14-15-16-17-18-19-20-38(44)47-30-37(32-49-40(46)41(2)21-22-43(3)33-41)31-48-39(45)29-42-26-34-23-35(27-42)25-36(24-34)28-42/h8-9,11-12,34-37H,4-7,10,13-33H2,1-3H3/b9-8-,12-11-. The van der Waals surface area contributed by atoms with Crippen molar-refractivity contribution in [2.24, 2.45) is 34.5 Å². The van der Waals surface area contributed by atoms with E-state index in [4.69, 9.17) is 14.2 Å². The highest BCUT2D eigenvalue weighted by molar-refractivity contribution is 5.77. The monoisotopic (exact) mass is 684 g/mol. The van der Waals surface area contributed by atoms with E-state index in [1.807, 2.05) is 14.0 Å². The average molecular weight is 684 g/mol. The van der Waals surface area contributed by atoms with E-state index in [0.717, 1.165) is 82.1 Å². The number of likely N-dealkylation sites (tertiary alicyclic amines) is 1. The Labute approximate surface area is 298 Å². The van der Waals surface area contributed by atoms with E-state index in [0.29, 0.717) is 19.4 Å². The van der Waals surface area contributed by atoms with Gasteiger partial charge in [0.25, 0.3) is 0 Å². The maximum Gasteiger partial charge on any atom is 0.313 e. The summed E-state index contributed by atoms with van der Waals surface area (Å²) in [6.07, 6.45) is 32.2. The predicted octanol–water partition coefficient (Wildman–Crippen LogP) is 9.38. The van der Waals surface area contributed by atoms with Gasteiger partial charge in [-0.25, -0.2) is 0 Å². The lowest BCUT2D eigenvalue weighted by Crippen LogP contribution is -2.47. The molecule has 0 aromatic rings. The molecule has 7 nitrogen and oxygen atoms in total. The van der Waals surface area contributed by atoms with Gasteiger partial charge in [-0.2, -0.15) is 0 Å². The zero-order chi connectivity index (χ0) is 35.0. The van der Waals surface area contributed by atoms with Gasteiger partial charge in [-0.05, 0) is 127 Å². The van der Waals surface area contributed by atoms with Gasteiger partial charge in [0.15, 0.2) is 0 Å². The topological polar surface area (TPSA) is 82.1 Å². The SMILES string of the molecule is CCCCC/C=C\C/C=C\CCCCCCCCC(=O)OCC(COC(=O)CC12CC3CC(CC(C3)C1)C2)COC(=O)C1(C)CCN(C)C1. The first-order valence-corrected chi connectivity index (χ1v) is 20.2. The minimum Gasteiger partial charge on any atom is -0.465 e. The van der Waals surface area contributed by atoms with Crippen molar-refractivity contribution in [2.75, 3.05) is 40.0 Å². The lowest BCUT2D eigenvalue weighted by molar-refractivity contribution is -0.161. The maximum atomic E-state index is 13.1. The van der Waals surface area contributed by atoms with Crippen molar-refractivity contribution in [2.45, 2.75) is 149 Å². The average Bonchev–Trinajstić information content (AvgIpc) is 3.42. The van der Waals surface area contributed by atoms with Crippen LogP contribution in [0.15, 0.2) is 24.3 Å². The molecular formula is C42H69NO6. The number of allylic oxidation sites excluding steroid dienone is 4. The van der Waals surface area contributed by atoms with Crippen LogP contribution in [-0.2, 0) is 28.6 Å². The first-order chi connectivity index (χ1) is 23.7. The first-order valence-electron chi connectivity index (χ1n) is 20.2. The molecular weight excluding hydrogens is 614 g/mol. The van der Waals surface area contributed by atoms with Crippen LogP contribution in [-0.4, -0.2) is 62.8 Å². The molecule has 1 saturated heterocycles. The van der Waals surface area contributed by atoms with Gasteiger partial charge in [0.05, 0.1) is 17.8 Å². The van der Waals surface area contributed by atoms with Gasteiger partial charge >= 0.3 is 17.9 Å². The zero-order valence-corrected chi connectivity index (χ0v) is 31.4. The fourth-order valence-electron chi connectivity index (χ4n) is 9.49. The third-order valence-corrected chi connectivity index (χ3v) is 11.8. The second-order valence-corrected chi connectivity index (χ2v) is 16.8. The smallest absolute Gasteiger partial charge is 0.313 e. The number of ether oxygens (including phenoxy) is 3. The second-order valence-electron chi connectivity index (χ2n) is 16.8. The summed E-state index contributed by atoms with van der Waals surface area (Å²) in [6.45, 7) is 6.00. The second kappa shape index (κ2) is 20.6. The van der Waals surface area contributed by atoms with Crippen LogP contribution in [0.25, 0.3) is 0 Å². The fraction of sp³-hybridized carbons (Fsp3) is 0.833. The molecule has 1 heterocycles. The molecule has 278 valence electrons. The highest BCUT2D eigenvalue weighted by atomic mass is 16.6. The molecule has 5 aliphatic rings.